The van der Waals surface area contributed by atoms with Gasteiger partial charge in [-0.25, -0.2) is 4.39 Å². The summed E-state index contributed by atoms with van der Waals surface area (Å²) in [6.45, 7) is 1.48. The Morgan fingerprint density at radius 2 is 1.78 bits per heavy atom. The smallest absolute Gasteiger partial charge is 0.231 e. The summed E-state index contributed by atoms with van der Waals surface area (Å²) < 4.78 is 18.6. The lowest BCUT2D eigenvalue weighted by Gasteiger charge is -2.33. The minimum Gasteiger partial charge on any atom is -0.342 e. The van der Waals surface area contributed by atoms with Crippen molar-refractivity contribution in [3.8, 4) is 11.4 Å². The van der Waals surface area contributed by atoms with Crippen LogP contribution in [0.5, 0.6) is 0 Å². The monoisotopic (exact) mass is 371 g/mol. The molecule has 5 nitrogen and oxygen atoms in total. The van der Waals surface area contributed by atoms with E-state index < -0.39 is 0 Å². The van der Waals surface area contributed by atoms with Crippen molar-refractivity contribution in [2.75, 3.05) is 13.1 Å². The average Bonchev–Trinajstić information content (AvgIpc) is 3.04. The quantitative estimate of drug-likeness (QED) is 0.743. The minimum absolute atomic E-state index is 0.0789. The van der Waals surface area contributed by atoms with Gasteiger partial charge >= 0.3 is 0 Å². The molecule has 1 aliphatic heterocycles. The van der Waals surface area contributed by atoms with Crippen molar-refractivity contribution in [3.05, 3.63) is 36.0 Å². The number of nitrogens with zero attached hydrogens (tertiary/aromatic N) is 3. The molecule has 0 radical (unpaired) electrons. The average molecular weight is 371 g/mol. The van der Waals surface area contributed by atoms with Crippen LogP contribution >= 0.6 is 0 Å². The number of halogens is 1. The van der Waals surface area contributed by atoms with E-state index in [9.17, 15) is 9.18 Å². The number of carbonyl (C=O) groups is 1. The maximum absolute atomic E-state index is 13.1. The Balaban J connectivity index is 1.43. The highest BCUT2D eigenvalue weighted by Crippen LogP contribution is 2.31. The Morgan fingerprint density at radius 3 is 2.52 bits per heavy atom. The second-order valence-corrected chi connectivity index (χ2v) is 7.78. The molecule has 1 aromatic carbocycles. The zero-order valence-corrected chi connectivity index (χ0v) is 15.6. The highest BCUT2D eigenvalue weighted by Gasteiger charge is 2.32. The van der Waals surface area contributed by atoms with Crippen LogP contribution in [0.3, 0.4) is 0 Å². The van der Waals surface area contributed by atoms with E-state index in [1.807, 2.05) is 4.90 Å². The number of rotatable bonds is 3. The Morgan fingerprint density at radius 1 is 1.04 bits per heavy atom. The molecule has 6 heteroatoms. The van der Waals surface area contributed by atoms with Crippen LogP contribution in [-0.2, 0) is 4.79 Å². The number of likely N-dealkylation sites (tertiary alicyclic amines) is 1. The molecule has 2 aromatic rings. The van der Waals surface area contributed by atoms with Crippen molar-refractivity contribution in [1.29, 1.82) is 0 Å². The molecule has 1 atom stereocenters. The van der Waals surface area contributed by atoms with Crippen LogP contribution in [0.15, 0.2) is 28.8 Å². The first-order chi connectivity index (χ1) is 13.2. The van der Waals surface area contributed by atoms with Crippen LogP contribution < -0.4 is 0 Å². The van der Waals surface area contributed by atoms with Gasteiger partial charge in [0.25, 0.3) is 0 Å². The molecule has 1 aliphatic carbocycles. The minimum atomic E-state index is -0.289. The lowest BCUT2D eigenvalue weighted by Crippen LogP contribution is -2.42. The number of benzene rings is 1. The number of amides is 1. The van der Waals surface area contributed by atoms with Gasteiger partial charge in [-0.2, -0.15) is 4.98 Å². The van der Waals surface area contributed by atoms with Crippen LogP contribution in [-0.4, -0.2) is 34.0 Å². The maximum atomic E-state index is 13.1. The summed E-state index contributed by atoms with van der Waals surface area (Å²) in [4.78, 5) is 19.5. The first-order valence-corrected chi connectivity index (χ1v) is 10.1. The summed E-state index contributed by atoms with van der Waals surface area (Å²) >= 11 is 0. The van der Waals surface area contributed by atoms with Crippen molar-refractivity contribution < 1.29 is 13.7 Å². The SMILES string of the molecule is O=C(C1CCCCCC1)N1CCC[C@H](c2nc(-c3ccc(F)cc3)no2)C1. The summed E-state index contributed by atoms with van der Waals surface area (Å²) in [6, 6.07) is 6.07. The molecule has 1 saturated carbocycles. The standard InChI is InChI=1S/C21H26FN3O2/c22-18-11-9-15(10-12-18)19-23-20(27-24-19)17-8-5-13-25(14-17)21(26)16-6-3-1-2-4-7-16/h9-12,16-17H,1-8,13-14H2/t17-/m0/s1. The van der Waals surface area contributed by atoms with E-state index in [4.69, 9.17) is 4.52 Å². The highest BCUT2D eigenvalue weighted by molar-refractivity contribution is 5.79. The van der Waals surface area contributed by atoms with Crippen molar-refractivity contribution >= 4 is 5.91 Å². The van der Waals surface area contributed by atoms with Crippen LogP contribution in [0.1, 0.15) is 63.2 Å². The molecule has 1 aromatic heterocycles. The predicted molar refractivity (Wildman–Crippen MR) is 99.4 cm³/mol. The number of aromatic nitrogens is 2. The fourth-order valence-corrected chi connectivity index (χ4v) is 4.28. The van der Waals surface area contributed by atoms with E-state index in [0.29, 0.717) is 24.2 Å². The number of piperidine rings is 1. The topological polar surface area (TPSA) is 59.2 Å². The van der Waals surface area contributed by atoms with Gasteiger partial charge in [-0.3, -0.25) is 4.79 Å². The molecule has 1 saturated heterocycles. The second kappa shape index (κ2) is 8.19. The first kappa shape index (κ1) is 18.1. The Kier molecular flexibility index (Phi) is 5.50. The zero-order chi connectivity index (χ0) is 18.6. The van der Waals surface area contributed by atoms with E-state index in [2.05, 4.69) is 10.1 Å². The molecular formula is C21H26FN3O2. The van der Waals surface area contributed by atoms with E-state index in [1.165, 1.54) is 37.8 Å². The van der Waals surface area contributed by atoms with Crippen molar-refractivity contribution in [1.82, 2.24) is 15.0 Å². The Labute approximate surface area is 158 Å². The second-order valence-electron chi connectivity index (χ2n) is 7.78. The number of hydrogen-bond acceptors (Lipinski definition) is 4. The Bertz CT molecular complexity index is 766. The van der Waals surface area contributed by atoms with Crippen molar-refractivity contribution in [2.24, 2.45) is 5.92 Å². The molecule has 0 bridgehead atoms. The molecule has 0 spiro atoms. The van der Waals surface area contributed by atoms with Gasteiger partial charge in [0.15, 0.2) is 0 Å². The Hall–Kier alpha value is -2.24. The third-order valence-electron chi connectivity index (χ3n) is 5.83. The molecule has 144 valence electrons. The predicted octanol–water partition coefficient (Wildman–Crippen LogP) is 4.55. The van der Waals surface area contributed by atoms with Gasteiger partial charge in [-0.1, -0.05) is 30.8 Å². The van der Waals surface area contributed by atoms with E-state index in [-0.39, 0.29) is 17.7 Å². The van der Waals surface area contributed by atoms with Crippen LogP contribution in [0.4, 0.5) is 4.39 Å². The van der Waals surface area contributed by atoms with Crippen LogP contribution in [0.2, 0.25) is 0 Å². The van der Waals surface area contributed by atoms with Gasteiger partial charge in [0.05, 0.1) is 5.92 Å². The van der Waals surface area contributed by atoms with Gasteiger partial charge in [-0.05, 0) is 49.9 Å². The van der Waals surface area contributed by atoms with Crippen LogP contribution in [0, 0.1) is 11.7 Å². The summed E-state index contributed by atoms with van der Waals surface area (Å²) in [6.07, 6.45) is 8.78. The lowest BCUT2D eigenvalue weighted by molar-refractivity contribution is -0.137. The molecule has 4 rings (SSSR count). The molecular weight excluding hydrogens is 345 g/mol. The molecule has 1 amide bonds. The molecule has 2 fully saturated rings. The summed E-state index contributed by atoms with van der Waals surface area (Å²) in [5.74, 6) is 1.33. The lowest BCUT2D eigenvalue weighted by atomic mass is 9.94. The van der Waals surface area contributed by atoms with Gasteiger partial charge in [0.2, 0.25) is 17.6 Å². The van der Waals surface area contributed by atoms with Crippen molar-refractivity contribution in [3.63, 3.8) is 0 Å². The summed E-state index contributed by atoms with van der Waals surface area (Å²) in [7, 11) is 0. The van der Waals surface area contributed by atoms with Gasteiger partial charge < -0.3 is 9.42 Å². The fraction of sp³-hybridized carbons (Fsp3) is 0.571. The molecule has 2 heterocycles. The van der Waals surface area contributed by atoms with Gasteiger partial charge in [0.1, 0.15) is 5.82 Å². The molecule has 0 unspecified atom stereocenters. The molecule has 0 N–H and O–H groups in total. The van der Waals surface area contributed by atoms with Gasteiger partial charge in [-0.15, -0.1) is 0 Å². The molecule has 2 aliphatic rings. The first-order valence-electron chi connectivity index (χ1n) is 10.1. The van der Waals surface area contributed by atoms with Crippen LogP contribution in [0.25, 0.3) is 11.4 Å². The molecule has 27 heavy (non-hydrogen) atoms. The summed E-state index contributed by atoms with van der Waals surface area (Å²) in [5, 5.41) is 4.05. The van der Waals surface area contributed by atoms with Crippen molar-refractivity contribution in [2.45, 2.75) is 57.3 Å². The number of hydrogen-bond donors (Lipinski definition) is 0. The number of carbonyl (C=O) groups excluding carboxylic acids is 1. The third kappa shape index (κ3) is 4.20. The summed E-state index contributed by atoms with van der Waals surface area (Å²) in [5.41, 5.74) is 0.730. The third-order valence-corrected chi connectivity index (χ3v) is 5.83. The fourth-order valence-electron chi connectivity index (χ4n) is 4.28. The maximum Gasteiger partial charge on any atom is 0.231 e. The van der Waals surface area contributed by atoms with Gasteiger partial charge in [0, 0.05) is 24.6 Å². The largest absolute Gasteiger partial charge is 0.342 e. The van der Waals surface area contributed by atoms with E-state index >= 15 is 0 Å². The zero-order valence-electron chi connectivity index (χ0n) is 15.6. The van der Waals surface area contributed by atoms with E-state index in [0.717, 1.165) is 37.8 Å². The highest BCUT2D eigenvalue weighted by atomic mass is 19.1. The van der Waals surface area contributed by atoms with E-state index in [1.54, 1.807) is 12.1 Å². The normalized spacial score (nSPS) is 21.8.